The van der Waals surface area contributed by atoms with Crippen LogP contribution in [0.4, 0.5) is 5.69 Å². The molecule has 1 saturated carbocycles. The third-order valence-electron chi connectivity index (χ3n) is 6.80. The summed E-state index contributed by atoms with van der Waals surface area (Å²) in [6.07, 6.45) is 4.22. The number of methoxy groups -OCH3 is 1. The van der Waals surface area contributed by atoms with Gasteiger partial charge in [0, 0.05) is 17.5 Å². The molecular formula is C23H23ClN4O4. The number of nitrogens with zero attached hydrogens (tertiary/aromatic N) is 3. The van der Waals surface area contributed by atoms with Crippen molar-refractivity contribution in [2.75, 3.05) is 12.4 Å². The molecule has 5 rings (SSSR count). The third kappa shape index (κ3) is 3.12. The van der Waals surface area contributed by atoms with Crippen molar-refractivity contribution in [2.45, 2.75) is 50.6 Å². The van der Waals surface area contributed by atoms with E-state index in [0.29, 0.717) is 28.9 Å². The molecule has 166 valence electrons. The van der Waals surface area contributed by atoms with Crippen LogP contribution in [0.25, 0.3) is 10.9 Å². The second-order valence-electron chi connectivity index (χ2n) is 8.59. The number of anilines is 1. The molecule has 2 N–H and O–H groups in total. The molecule has 1 aromatic carbocycles. The van der Waals surface area contributed by atoms with E-state index in [1.165, 1.54) is 6.07 Å². The lowest BCUT2D eigenvalue weighted by molar-refractivity contribution is 0.0691. The van der Waals surface area contributed by atoms with Gasteiger partial charge in [0.15, 0.2) is 5.69 Å². The van der Waals surface area contributed by atoms with E-state index in [-0.39, 0.29) is 27.9 Å². The summed E-state index contributed by atoms with van der Waals surface area (Å²) in [4.78, 5) is 34.0. The van der Waals surface area contributed by atoms with Crippen molar-refractivity contribution >= 4 is 34.2 Å². The van der Waals surface area contributed by atoms with Crippen LogP contribution in [0.5, 0.6) is 5.75 Å². The van der Waals surface area contributed by atoms with E-state index in [0.717, 1.165) is 37.1 Å². The summed E-state index contributed by atoms with van der Waals surface area (Å²) >= 11 is 5.88. The number of carboxylic acids is 1. The minimum Gasteiger partial charge on any atom is -0.497 e. The lowest BCUT2D eigenvalue weighted by Gasteiger charge is -2.37. The number of hydrogen-bond acceptors (Lipinski definition) is 6. The Hall–Kier alpha value is -3.13. The number of fused-ring (bicyclic) bond motifs is 3. The molecule has 1 fully saturated rings. The fraction of sp³-hybridized carbons (Fsp3) is 0.391. The van der Waals surface area contributed by atoms with Gasteiger partial charge in [-0.15, -0.1) is 0 Å². The first-order valence-electron chi connectivity index (χ1n) is 10.6. The highest BCUT2D eigenvalue weighted by Crippen LogP contribution is 2.49. The van der Waals surface area contributed by atoms with Crippen LogP contribution in [-0.4, -0.2) is 32.7 Å². The van der Waals surface area contributed by atoms with Gasteiger partial charge in [0.05, 0.1) is 29.7 Å². The fourth-order valence-electron chi connectivity index (χ4n) is 4.93. The first-order valence-corrected chi connectivity index (χ1v) is 11.0. The lowest BCUT2D eigenvalue weighted by atomic mass is 9.67. The largest absolute Gasteiger partial charge is 0.497 e. The predicted molar refractivity (Wildman–Crippen MR) is 121 cm³/mol. The second kappa shape index (κ2) is 7.48. The van der Waals surface area contributed by atoms with Gasteiger partial charge >= 0.3 is 5.97 Å². The molecule has 2 aliphatic rings. The second-order valence-corrected chi connectivity index (χ2v) is 8.98. The minimum absolute atomic E-state index is 0.0117. The zero-order valence-corrected chi connectivity index (χ0v) is 18.6. The van der Waals surface area contributed by atoms with Gasteiger partial charge in [-0.2, -0.15) is 0 Å². The quantitative estimate of drug-likeness (QED) is 0.557. The zero-order chi connectivity index (χ0) is 22.6. The van der Waals surface area contributed by atoms with Crippen molar-refractivity contribution in [1.29, 1.82) is 0 Å². The van der Waals surface area contributed by atoms with E-state index in [9.17, 15) is 14.7 Å². The number of hydrogen-bond donors (Lipinski definition) is 2. The summed E-state index contributed by atoms with van der Waals surface area (Å²) in [6.45, 7) is 2.58. The molecule has 0 bridgehead atoms. The highest BCUT2D eigenvalue weighted by atomic mass is 35.5. The van der Waals surface area contributed by atoms with Crippen molar-refractivity contribution < 1.29 is 14.6 Å². The Bertz CT molecular complexity index is 1320. The molecule has 32 heavy (non-hydrogen) atoms. The SMILES string of the molecule is COc1cc([C@@H](C)Nc2ccc(Cl)nc2C(=O)O)c2nc3n(c(=O)c2c1)CCC31CCC1. The Labute approximate surface area is 189 Å². The van der Waals surface area contributed by atoms with Crippen LogP contribution >= 0.6 is 11.6 Å². The van der Waals surface area contributed by atoms with E-state index in [2.05, 4.69) is 10.3 Å². The number of nitrogens with one attached hydrogen (secondary N) is 1. The van der Waals surface area contributed by atoms with E-state index >= 15 is 0 Å². The monoisotopic (exact) mass is 454 g/mol. The van der Waals surface area contributed by atoms with Crippen molar-refractivity contribution in [3.05, 3.63) is 56.9 Å². The lowest BCUT2D eigenvalue weighted by Crippen LogP contribution is -2.34. The predicted octanol–water partition coefficient (Wildman–Crippen LogP) is 4.15. The first kappa shape index (κ1) is 20.8. The van der Waals surface area contributed by atoms with Crippen LogP contribution < -0.4 is 15.6 Å². The van der Waals surface area contributed by atoms with E-state index in [1.807, 2.05) is 17.6 Å². The fourth-order valence-corrected chi connectivity index (χ4v) is 5.07. The number of carboxylic acid groups (broad SMARTS) is 1. The molecule has 0 unspecified atom stereocenters. The summed E-state index contributed by atoms with van der Waals surface area (Å²) < 4.78 is 7.28. The van der Waals surface area contributed by atoms with Crippen molar-refractivity contribution in [2.24, 2.45) is 0 Å². The number of benzene rings is 1. The first-order chi connectivity index (χ1) is 15.3. The van der Waals surface area contributed by atoms with Gasteiger partial charge in [0.2, 0.25) is 0 Å². The molecule has 3 heterocycles. The molecule has 0 saturated heterocycles. The molecule has 9 heteroatoms. The Morgan fingerprint density at radius 1 is 1.28 bits per heavy atom. The molecule has 1 aliphatic heterocycles. The molecule has 2 aromatic heterocycles. The van der Waals surface area contributed by atoms with Crippen LogP contribution in [0.2, 0.25) is 5.15 Å². The number of aromatic carboxylic acids is 1. The summed E-state index contributed by atoms with van der Waals surface area (Å²) in [6, 6.07) is 6.32. The van der Waals surface area contributed by atoms with E-state index < -0.39 is 5.97 Å². The normalized spacial score (nSPS) is 17.1. The van der Waals surface area contributed by atoms with Crippen LogP contribution in [0.3, 0.4) is 0 Å². The zero-order valence-electron chi connectivity index (χ0n) is 17.8. The summed E-state index contributed by atoms with van der Waals surface area (Å²) in [5.41, 5.74) is 1.50. The molecule has 1 atom stereocenters. The van der Waals surface area contributed by atoms with Gasteiger partial charge in [-0.25, -0.2) is 14.8 Å². The molecule has 8 nitrogen and oxygen atoms in total. The minimum atomic E-state index is -1.18. The highest BCUT2D eigenvalue weighted by Gasteiger charge is 2.46. The number of rotatable bonds is 5. The topological polar surface area (TPSA) is 106 Å². The van der Waals surface area contributed by atoms with Crippen molar-refractivity contribution in [3.8, 4) is 5.75 Å². The number of carbonyl (C=O) groups is 1. The standard InChI is InChI=1S/C23H23ClN4O4/c1-12(25-16-4-5-17(24)26-19(16)21(30)31)14-10-13(32-2)11-15-18(14)27-22-23(6-3-7-23)8-9-28(22)20(15)29/h4-5,10-12,25H,3,6-9H2,1-2H3,(H,30,31)/t12-/m1/s1. The number of ether oxygens (including phenoxy) is 1. The van der Waals surface area contributed by atoms with Gasteiger partial charge in [-0.05, 0) is 50.5 Å². The molecule has 0 amide bonds. The Balaban J connectivity index is 1.65. The van der Waals surface area contributed by atoms with E-state index in [4.69, 9.17) is 21.3 Å². The van der Waals surface area contributed by atoms with Crippen LogP contribution in [0.15, 0.2) is 29.1 Å². The van der Waals surface area contributed by atoms with E-state index in [1.54, 1.807) is 19.2 Å². The number of aromatic nitrogens is 3. The van der Waals surface area contributed by atoms with Crippen LogP contribution in [0.1, 0.15) is 60.5 Å². The summed E-state index contributed by atoms with van der Waals surface area (Å²) in [5, 5.41) is 13.3. The maximum absolute atomic E-state index is 13.4. The van der Waals surface area contributed by atoms with Crippen LogP contribution in [0, 0.1) is 0 Å². The van der Waals surface area contributed by atoms with Gasteiger partial charge in [-0.1, -0.05) is 18.0 Å². The average Bonchev–Trinajstić information content (AvgIpc) is 3.14. The average molecular weight is 455 g/mol. The maximum atomic E-state index is 13.4. The van der Waals surface area contributed by atoms with Gasteiger partial charge in [-0.3, -0.25) is 9.36 Å². The summed E-state index contributed by atoms with van der Waals surface area (Å²) in [5.74, 6) is 0.239. The van der Waals surface area contributed by atoms with Crippen molar-refractivity contribution in [3.63, 3.8) is 0 Å². The smallest absolute Gasteiger partial charge is 0.356 e. The Morgan fingerprint density at radius 2 is 2.06 bits per heavy atom. The van der Waals surface area contributed by atoms with Crippen molar-refractivity contribution in [1.82, 2.24) is 14.5 Å². The van der Waals surface area contributed by atoms with Gasteiger partial charge < -0.3 is 15.2 Å². The molecule has 3 aromatic rings. The van der Waals surface area contributed by atoms with Crippen LogP contribution in [-0.2, 0) is 12.0 Å². The molecular weight excluding hydrogens is 432 g/mol. The third-order valence-corrected chi connectivity index (χ3v) is 7.01. The summed E-state index contributed by atoms with van der Waals surface area (Å²) in [7, 11) is 1.55. The number of halogens is 1. The molecule has 1 spiro atoms. The highest BCUT2D eigenvalue weighted by molar-refractivity contribution is 6.29. The van der Waals surface area contributed by atoms with Gasteiger partial charge in [0.1, 0.15) is 16.7 Å². The Morgan fingerprint density at radius 3 is 2.72 bits per heavy atom. The Kier molecular flexibility index (Phi) is 4.85. The maximum Gasteiger partial charge on any atom is 0.356 e. The molecule has 0 radical (unpaired) electrons. The van der Waals surface area contributed by atoms with Gasteiger partial charge in [0.25, 0.3) is 5.56 Å². The molecule has 1 aliphatic carbocycles. The number of pyridine rings is 1.